The van der Waals surface area contributed by atoms with Crippen LogP contribution in [-0.2, 0) is 14.4 Å². The predicted octanol–water partition coefficient (Wildman–Crippen LogP) is 3.09. The third-order valence-corrected chi connectivity index (χ3v) is 4.16. The highest BCUT2D eigenvalue weighted by Gasteiger charge is 2.37. The molecule has 0 saturated carbocycles. The lowest BCUT2D eigenvalue weighted by Gasteiger charge is -2.20. The first-order chi connectivity index (χ1) is 10.1. The van der Waals surface area contributed by atoms with Gasteiger partial charge in [0.15, 0.2) is 0 Å². The zero-order chi connectivity index (χ0) is 15.2. The van der Waals surface area contributed by atoms with Gasteiger partial charge in [-0.05, 0) is 18.4 Å². The average Bonchev–Trinajstić information content (AvgIpc) is 2.82. The molecule has 2 atom stereocenters. The lowest BCUT2D eigenvalue weighted by atomic mass is 9.83. The van der Waals surface area contributed by atoms with Gasteiger partial charge in [-0.2, -0.15) is 0 Å². The minimum atomic E-state index is -0.857. The SMILES string of the molecule is CCCCCC1C(C2=CCC(=O)CC2)=NOC1CC(=O)O. The molecule has 2 aliphatic rings. The number of carbonyl (C=O) groups excluding carboxylic acids is 1. The van der Waals surface area contributed by atoms with Crippen LogP contribution in [0.25, 0.3) is 0 Å². The molecule has 2 rings (SSSR count). The Morgan fingerprint density at radius 1 is 1.43 bits per heavy atom. The predicted molar refractivity (Wildman–Crippen MR) is 79.1 cm³/mol. The molecule has 0 aromatic rings. The summed E-state index contributed by atoms with van der Waals surface area (Å²) in [7, 11) is 0. The topological polar surface area (TPSA) is 76.0 Å². The summed E-state index contributed by atoms with van der Waals surface area (Å²) in [6.45, 7) is 2.14. The third-order valence-electron chi connectivity index (χ3n) is 4.16. The molecular formula is C16H23NO4. The van der Waals surface area contributed by atoms with E-state index in [1.165, 1.54) is 0 Å². The molecule has 1 aliphatic heterocycles. The largest absolute Gasteiger partial charge is 0.481 e. The van der Waals surface area contributed by atoms with E-state index in [-0.39, 0.29) is 24.2 Å². The highest BCUT2D eigenvalue weighted by atomic mass is 16.6. The number of carboxylic acid groups (broad SMARTS) is 1. The van der Waals surface area contributed by atoms with Crippen LogP contribution in [0.2, 0.25) is 0 Å². The van der Waals surface area contributed by atoms with E-state index in [0.717, 1.165) is 37.0 Å². The highest BCUT2D eigenvalue weighted by molar-refractivity contribution is 6.04. The molecule has 21 heavy (non-hydrogen) atoms. The number of Topliss-reactive ketones (excluding diaryl/α,β-unsaturated/α-hetero) is 1. The number of nitrogens with zero attached hydrogens (tertiary/aromatic N) is 1. The lowest BCUT2D eigenvalue weighted by Crippen LogP contribution is -2.27. The minimum Gasteiger partial charge on any atom is -0.481 e. The van der Waals surface area contributed by atoms with E-state index in [0.29, 0.717) is 19.3 Å². The fourth-order valence-electron chi connectivity index (χ4n) is 2.97. The summed E-state index contributed by atoms with van der Waals surface area (Å²) >= 11 is 0. The first-order valence-corrected chi connectivity index (χ1v) is 7.78. The fourth-order valence-corrected chi connectivity index (χ4v) is 2.97. The fraction of sp³-hybridized carbons (Fsp3) is 0.688. The summed E-state index contributed by atoms with van der Waals surface area (Å²) in [6, 6.07) is 0. The summed E-state index contributed by atoms with van der Waals surface area (Å²) in [4.78, 5) is 27.7. The van der Waals surface area contributed by atoms with Gasteiger partial charge in [0, 0.05) is 18.8 Å². The Kier molecular flexibility index (Phi) is 5.53. The normalized spacial score (nSPS) is 25.3. The second-order valence-electron chi connectivity index (χ2n) is 5.79. The summed E-state index contributed by atoms with van der Waals surface area (Å²) < 4.78 is 0. The molecule has 0 fully saturated rings. The van der Waals surface area contributed by atoms with E-state index >= 15 is 0 Å². The maximum atomic E-state index is 11.3. The number of hydrogen-bond donors (Lipinski definition) is 1. The van der Waals surface area contributed by atoms with Gasteiger partial charge >= 0.3 is 5.97 Å². The van der Waals surface area contributed by atoms with Crippen LogP contribution in [0, 0.1) is 5.92 Å². The van der Waals surface area contributed by atoms with Crippen LogP contribution in [0.3, 0.4) is 0 Å². The molecule has 2 unspecified atom stereocenters. The number of allylic oxidation sites excluding steroid dienone is 2. The smallest absolute Gasteiger partial charge is 0.307 e. The summed E-state index contributed by atoms with van der Waals surface area (Å²) in [5, 5.41) is 13.2. The van der Waals surface area contributed by atoms with Crippen LogP contribution in [-0.4, -0.2) is 28.7 Å². The van der Waals surface area contributed by atoms with Crippen molar-refractivity contribution < 1.29 is 19.5 Å². The standard InChI is InChI=1S/C16H23NO4/c1-2-3-4-5-13-14(10-15(19)20)21-17-16(13)11-6-8-12(18)9-7-11/h6,13-14H,2-5,7-10H2,1H3,(H,19,20). The van der Waals surface area contributed by atoms with Gasteiger partial charge in [0.2, 0.25) is 0 Å². The zero-order valence-electron chi connectivity index (χ0n) is 12.5. The highest BCUT2D eigenvalue weighted by Crippen LogP contribution is 2.32. The average molecular weight is 293 g/mol. The van der Waals surface area contributed by atoms with Crippen molar-refractivity contribution in [1.29, 1.82) is 0 Å². The van der Waals surface area contributed by atoms with Crippen molar-refractivity contribution >= 4 is 17.5 Å². The molecule has 0 aromatic heterocycles. The molecule has 1 N–H and O–H groups in total. The van der Waals surface area contributed by atoms with Crippen molar-refractivity contribution in [3.8, 4) is 0 Å². The van der Waals surface area contributed by atoms with Gasteiger partial charge in [-0.3, -0.25) is 9.59 Å². The quantitative estimate of drug-likeness (QED) is 0.732. The number of rotatable bonds is 7. The third kappa shape index (κ3) is 4.16. The van der Waals surface area contributed by atoms with Crippen molar-refractivity contribution in [2.24, 2.45) is 11.1 Å². The van der Waals surface area contributed by atoms with Gasteiger partial charge in [-0.15, -0.1) is 0 Å². The van der Waals surface area contributed by atoms with E-state index in [1.807, 2.05) is 6.08 Å². The first kappa shape index (κ1) is 15.7. The van der Waals surface area contributed by atoms with Gasteiger partial charge < -0.3 is 9.94 Å². The number of aliphatic carboxylic acids is 1. The second-order valence-corrected chi connectivity index (χ2v) is 5.79. The van der Waals surface area contributed by atoms with E-state index in [1.54, 1.807) is 0 Å². The van der Waals surface area contributed by atoms with Crippen molar-refractivity contribution in [3.63, 3.8) is 0 Å². The van der Waals surface area contributed by atoms with E-state index < -0.39 is 5.97 Å². The van der Waals surface area contributed by atoms with Gasteiger partial charge in [-0.1, -0.05) is 37.4 Å². The Morgan fingerprint density at radius 2 is 2.24 bits per heavy atom. The first-order valence-electron chi connectivity index (χ1n) is 7.78. The molecule has 0 bridgehead atoms. The van der Waals surface area contributed by atoms with Crippen molar-refractivity contribution in [2.75, 3.05) is 0 Å². The second kappa shape index (κ2) is 7.38. The number of carbonyl (C=O) groups is 2. The Hall–Kier alpha value is -1.65. The molecule has 0 aromatic carbocycles. The van der Waals surface area contributed by atoms with Crippen molar-refractivity contribution in [3.05, 3.63) is 11.6 Å². The van der Waals surface area contributed by atoms with Crippen LogP contribution in [0.1, 0.15) is 58.3 Å². The van der Waals surface area contributed by atoms with E-state index in [9.17, 15) is 9.59 Å². The van der Waals surface area contributed by atoms with Crippen LogP contribution in [0.4, 0.5) is 0 Å². The number of unbranched alkanes of at least 4 members (excludes halogenated alkanes) is 2. The van der Waals surface area contributed by atoms with Gasteiger partial charge in [0.1, 0.15) is 11.9 Å². The van der Waals surface area contributed by atoms with Crippen LogP contribution < -0.4 is 0 Å². The van der Waals surface area contributed by atoms with Crippen LogP contribution in [0.5, 0.6) is 0 Å². The van der Waals surface area contributed by atoms with Crippen LogP contribution >= 0.6 is 0 Å². The molecule has 1 heterocycles. The summed E-state index contributed by atoms with van der Waals surface area (Å²) in [6.07, 6.45) is 7.46. The lowest BCUT2D eigenvalue weighted by molar-refractivity contribution is -0.140. The Morgan fingerprint density at radius 3 is 2.86 bits per heavy atom. The number of oxime groups is 1. The Labute approximate surface area is 125 Å². The number of ketones is 1. The Balaban J connectivity index is 2.07. The Bertz CT molecular complexity index is 467. The van der Waals surface area contributed by atoms with Crippen molar-refractivity contribution in [1.82, 2.24) is 0 Å². The number of hydrogen-bond acceptors (Lipinski definition) is 4. The molecule has 5 nitrogen and oxygen atoms in total. The molecule has 5 heteroatoms. The van der Waals surface area contributed by atoms with Gasteiger partial charge in [0.05, 0.1) is 12.1 Å². The molecule has 1 aliphatic carbocycles. The zero-order valence-corrected chi connectivity index (χ0v) is 12.5. The maximum Gasteiger partial charge on any atom is 0.307 e. The van der Waals surface area contributed by atoms with Gasteiger partial charge in [-0.25, -0.2) is 0 Å². The molecule has 0 saturated heterocycles. The summed E-state index contributed by atoms with van der Waals surface area (Å²) in [5.74, 6) is -0.556. The molecule has 0 spiro atoms. The maximum absolute atomic E-state index is 11.3. The monoisotopic (exact) mass is 293 g/mol. The molecule has 116 valence electrons. The molecule has 0 amide bonds. The summed E-state index contributed by atoms with van der Waals surface area (Å²) in [5.41, 5.74) is 1.95. The number of carboxylic acids is 1. The van der Waals surface area contributed by atoms with E-state index in [4.69, 9.17) is 9.94 Å². The van der Waals surface area contributed by atoms with E-state index in [2.05, 4.69) is 12.1 Å². The molecule has 0 radical (unpaired) electrons. The van der Waals surface area contributed by atoms with Crippen molar-refractivity contribution in [2.45, 2.75) is 64.4 Å². The van der Waals surface area contributed by atoms with Crippen LogP contribution in [0.15, 0.2) is 16.8 Å². The molecular weight excluding hydrogens is 270 g/mol. The minimum absolute atomic E-state index is 0.0179. The van der Waals surface area contributed by atoms with Gasteiger partial charge in [0.25, 0.3) is 0 Å².